The molecule has 4 heterocycles. The number of hydrogen-bond donors (Lipinski definition) is 0. The number of nitrogens with zero attached hydrogens (tertiary/aromatic N) is 4. The first kappa shape index (κ1) is 65.8. The van der Waals surface area contributed by atoms with Crippen LogP contribution in [0.15, 0.2) is 409 Å². The third-order valence-electron chi connectivity index (χ3n) is 22.8. The first-order chi connectivity index (χ1) is 56.4. The van der Waals surface area contributed by atoms with Gasteiger partial charge in [0.05, 0.1) is 22.8 Å². The zero-order valence-corrected chi connectivity index (χ0v) is 61.7. The van der Waals surface area contributed by atoms with Crippen molar-refractivity contribution in [3.8, 4) is 146 Å². The number of benzene rings is 18. The van der Waals surface area contributed by atoms with E-state index in [1.807, 2.05) is 24.3 Å². The normalized spacial score (nSPS) is 11.7. The van der Waals surface area contributed by atoms with Crippen LogP contribution in [0.3, 0.4) is 0 Å². The summed E-state index contributed by atoms with van der Waals surface area (Å²) in [5.74, 6) is 1.32. The second kappa shape index (κ2) is 27.4. The summed E-state index contributed by atoms with van der Waals surface area (Å²) in [6.45, 7) is 0. The molecule has 0 amide bonds. The molecule has 114 heavy (non-hydrogen) atoms. The van der Waals surface area contributed by atoms with Crippen molar-refractivity contribution in [3.63, 3.8) is 0 Å². The molecule has 0 saturated carbocycles. The number of furan rings is 2. The summed E-state index contributed by atoms with van der Waals surface area (Å²) in [4.78, 5) is 21.3. The van der Waals surface area contributed by atoms with E-state index in [1.165, 1.54) is 54.2 Å². The van der Waals surface area contributed by atoms with E-state index in [1.54, 1.807) is 0 Å². The highest BCUT2D eigenvalue weighted by Gasteiger charge is 2.20. The lowest BCUT2D eigenvalue weighted by molar-refractivity contribution is 0.668. The maximum Gasteiger partial charge on any atom is 0.160 e. The smallest absolute Gasteiger partial charge is 0.160 e. The van der Waals surface area contributed by atoms with Crippen LogP contribution in [0.25, 0.3) is 233 Å². The molecule has 6 nitrogen and oxygen atoms in total. The summed E-state index contributed by atoms with van der Waals surface area (Å²) in [7, 11) is 0. The minimum atomic E-state index is 0.648. The molecular weight excluding hydrogens is 1390 g/mol. The van der Waals surface area contributed by atoms with Crippen molar-refractivity contribution in [2.45, 2.75) is 0 Å². The fourth-order valence-electron chi connectivity index (χ4n) is 16.9. The van der Waals surface area contributed by atoms with Crippen LogP contribution in [0.5, 0.6) is 0 Å². The topological polar surface area (TPSA) is 77.8 Å². The van der Waals surface area contributed by atoms with Gasteiger partial charge in [0.2, 0.25) is 0 Å². The molecule has 0 aliphatic carbocycles. The van der Waals surface area contributed by atoms with E-state index in [4.69, 9.17) is 28.8 Å². The summed E-state index contributed by atoms with van der Waals surface area (Å²) < 4.78 is 12.9. The Bertz CT molecular complexity index is 7550. The molecular formula is C108H66N4O2. The van der Waals surface area contributed by atoms with Gasteiger partial charge < -0.3 is 8.83 Å². The van der Waals surface area contributed by atoms with E-state index in [0.717, 1.165) is 167 Å². The fraction of sp³-hybridized carbons (Fsp3) is 0. The molecule has 22 rings (SSSR count). The standard InChI is InChI=1S/C108H66N4O2/c1-2-17-74(18-3-1)98-65-99(110-107(109-98)84-23-14-21-80(59-84)95-62-82-19-4-6-25-86(82)89-27-8-10-29-91(89)95)75-49-41-69(42-50-75)67-35-37-71(38-36-67)78-56-58-103-97(61-78)93-57-55-79(64-105(93)114-103)72-45-53-77(54-46-72)101-66-100(111-108(112-101)85-24-15-22-81(60-85)96-63-83-20-5-7-26-87(83)90-28-9-11-30-92(90)96)76-51-43-70(44-52-76)68-39-47-73(48-40-68)88-32-16-34-104-106(88)94-31-12-13-33-102(94)113-104/h1-66H. The molecule has 0 radical (unpaired) electrons. The Kier molecular flexibility index (Phi) is 15.8. The Morgan fingerprint density at radius 2 is 0.491 bits per heavy atom. The summed E-state index contributed by atoms with van der Waals surface area (Å²) in [5.41, 5.74) is 28.5. The van der Waals surface area contributed by atoms with Gasteiger partial charge in [0.1, 0.15) is 22.3 Å². The largest absolute Gasteiger partial charge is 0.456 e. The Morgan fingerprint density at radius 1 is 0.149 bits per heavy atom. The second-order valence-corrected chi connectivity index (χ2v) is 29.5. The number of para-hydroxylation sites is 1. The molecule has 0 atom stereocenters. The van der Waals surface area contributed by atoms with Crippen LogP contribution < -0.4 is 0 Å². The molecule has 4 aromatic heterocycles. The van der Waals surface area contributed by atoms with Gasteiger partial charge in [-0.05, 0) is 194 Å². The van der Waals surface area contributed by atoms with Gasteiger partial charge >= 0.3 is 0 Å². The molecule has 18 aromatic carbocycles. The van der Waals surface area contributed by atoms with Gasteiger partial charge in [-0.2, -0.15) is 0 Å². The average molecular weight is 1450 g/mol. The molecule has 6 heteroatoms. The average Bonchev–Trinajstić information content (AvgIpc) is 1.43. The highest BCUT2D eigenvalue weighted by atomic mass is 16.3. The fourth-order valence-corrected chi connectivity index (χ4v) is 16.9. The lowest BCUT2D eigenvalue weighted by atomic mass is 9.92. The molecule has 22 aromatic rings. The highest BCUT2D eigenvalue weighted by molar-refractivity contribution is 6.16. The van der Waals surface area contributed by atoms with Gasteiger partial charge in [-0.25, -0.2) is 19.9 Å². The zero-order valence-electron chi connectivity index (χ0n) is 61.7. The lowest BCUT2D eigenvalue weighted by Gasteiger charge is -2.13. The number of hydrogen-bond acceptors (Lipinski definition) is 6. The third kappa shape index (κ3) is 11.8. The van der Waals surface area contributed by atoms with Crippen LogP contribution in [0.1, 0.15) is 0 Å². The second-order valence-electron chi connectivity index (χ2n) is 29.5. The minimum absolute atomic E-state index is 0.648. The number of fused-ring (bicyclic) bond motifs is 12. The summed E-state index contributed by atoms with van der Waals surface area (Å²) in [6.07, 6.45) is 0. The molecule has 0 bridgehead atoms. The van der Waals surface area contributed by atoms with Crippen LogP contribution in [0.4, 0.5) is 0 Å². The van der Waals surface area contributed by atoms with Crippen molar-refractivity contribution in [3.05, 3.63) is 400 Å². The quantitative estimate of drug-likeness (QED) is 0.107. The summed E-state index contributed by atoms with van der Waals surface area (Å²) in [6, 6.07) is 143. The van der Waals surface area contributed by atoms with Crippen LogP contribution in [-0.4, -0.2) is 19.9 Å². The van der Waals surface area contributed by atoms with Crippen molar-refractivity contribution in [2.24, 2.45) is 0 Å². The van der Waals surface area contributed by atoms with E-state index < -0.39 is 0 Å². The third-order valence-corrected chi connectivity index (χ3v) is 22.8. The molecule has 0 saturated heterocycles. The lowest BCUT2D eigenvalue weighted by Crippen LogP contribution is -1.96. The van der Waals surface area contributed by atoms with E-state index in [-0.39, 0.29) is 0 Å². The van der Waals surface area contributed by atoms with E-state index in [2.05, 4.69) is 376 Å². The Balaban J connectivity index is 0.538. The molecule has 530 valence electrons. The highest BCUT2D eigenvalue weighted by Crippen LogP contribution is 2.44. The first-order valence-corrected chi connectivity index (χ1v) is 38.7. The number of aromatic nitrogens is 4. The van der Waals surface area contributed by atoms with Gasteiger partial charge in [-0.15, -0.1) is 0 Å². The molecule has 0 unspecified atom stereocenters. The van der Waals surface area contributed by atoms with Crippen molar-refractivity contribution < 1.29 is 8.83 Å². The maximum absolute atomic E-state index is 6.66. The Hall–Kier alpha value is -15.2. The van der Waals surface area contributed by atoms with Crippen LogP contribution >= 0.6 is 0 Å². The molecule has 0 N–H and O–H groups in total. The van der Waals surface area contributed by atoms with E-state index in [0.29, 0.717) is 11.6 Å². The van der Waals surface area contributed by atoms with E-state index >= 15 is 0 Å². The predicted molar refractivity (Wildman–Crippen MR) is 473 cm³/mol. The van der Waals surface area contributed by atoms with Crippen molar-refractivity contribution >= 4 is 87.0 Å². The van der Waals surface area contributed by atoms with Gasteiger partial charge in [0.25, 0.3) is 0 Å². The SMILES string of the molecule is c1ccc(-c2cc(-c3ccc(-c4ccc(-c5ccc6oc7cc(-c8ccc(-c9cc(-c%10ccc(-c%11ccc(-c%12cccc%13oc%14ccccc%14c%12%13)cc%11)cc%10)nc(-c%10cccc(-c%11cc%12ccccc%12c%12ccccc%11%12)c%10)n9)cc8)ccc7c6c5)cc4)cc3)nc(-c3cccc(-c4cc5ccccc5c5ccccc45)c3)n2)cc1. The van der Waals surface area contributed by atoms with Gasteiger partial charge in [-0.1, -0.05) is 328 Å². The minimum Gasteiger partial charge on any atom is -0.456 e. The van der Waals surface area contributed by atoms with Crippen LogP contribution in [0.2, 0.25) is 0 Å². The van der Waals surface area contributed by atoms with Crippen LogP contribution in [-0.2, 0) is 0 Å². The maximum atomic E-state index is 6.66. The predicted octanol–water partition coefficient (Wildman–Crippen LogP) is 29.3. The van der Waals surface area contributed by atoms with Gasteiger partial charge in [-0.3, -0.25) is 0 Å². The monoisotopic (exact) mass is 1450 g/mol. The summed E-state index contributed by atoms with van der Waals surface area (Å²) >= 11 is 0. The Labute approximate surface area is 657 Å². The number of rotatable bonds is 13. The van der Waals surface area contributed by atoms with Crippen molar-refractivity contribution in [2.75, 3.05) is 0 Å². The van der Waals surface area contributed by atoms with Crippen LogP contribution in [0, 0.1) is 0 Å². The van der Waals surface area contributed by atoms with Gasteiger partial charge in [0.15, 0.2) is 11.6 Å². The Morgan fingerprint density at radius 3 is 1.00 bits per heavy atom. The zero-order chi connectivity index (χ0) is 75.2. The summed E-state index contributed by atoms with van der Waals surface area (Å²) in [5, 5.41) is 14.2. The molecule has 0 aliphatic heterocycles. The van der Waals surface area contributed by atoms with E-state index in [9.17, 15) is 0 Å². The molecule has 0 fully saturated rings. The van der Waals surface area contributed by atoms with Crippen molar-refractivity contribution in [1.82, 2.24) is 19.9 Å². The first-order valence-electron chi connectivity index (χ1n) is 38.7. The molecule has 0 spiro atoms. The van der Waals surface area contributed by atoms with Gasteiger partial charge in [0, 0.05) is 54.9 Å². The van der Waals surface area contributed by atoms with Crippen molar-refractivity contribution in [1.29, 1.82) is 0 Å². The molecule has 0 aliphatic rings.